The van der Waals surface area contributed by atoms with E-state index in [1.165, 1.54) is 41.9 Å². The predicted molar refractivity (Wildman–Crippen MR) is 141 cm³/mol. The molecule has 0 spiro atoms. The van der Waals surface area contributed by atoms with Gasteiger partial charge in [-0.3, -0.25) is 0 Å². The number of hydrogen-bond donors (Lipinski definition) is 0. The zero-order valence-corrected chi connectivity index (χ0v) is 20.9. The highest BCUT2D eigenvalue weighted by Gasteiger charge is 2.25. The van der Waals surface area contributed by atoms with Gasteiger partial charge in [-0.1, -0.05) is 80.1 Å². The summed E-state index contributed by atoms with van der Waals surface area (Å²) in [6.45, 7) is 2.21. The van der Waals surface area contributed by atoms with Gasteiger partial charge in [0, 0.05) is 0 Å². The first-order valence-electron chi connectivity index (χ1n) is 13.0. The summed E-state index contributed by atoms with van der Waals surface area (Å²) in [5, 5.41) is 0. The average Bonchev–Trinajstić information content (AvgIpc) is 2.90. The van der Waals surface area contributed by atoms with E-state index in [1.807, 2.05) is 0 Å². The molecule has 0 aliphatic heterocycles. The quantitative estimate of drug-likeness (QED) is 0.281. The second kappa shape index (κ2) is 12.2. The third-order valence-electron chi connectivity index (χ3n) is 7.30. The summed E-state index contributed by atoms with van der Waals surface area (Å²) in [6.07, 6.45) is 12.8. The highest BCUT2D eigenvalue weighted by Crippen LogP contribution is 2.39. The van der Waals surface area contributed by atoms with Crippen LogP contribution in [0.3, 0.4) is 0 Å². The molecule has 0 unspecified atom stereocenters. The van der Waals surface area contributed by atoms with Crippen LogP contribution in [-0.2, 0) is 12.8 Å². The van der Waals surface area contributed by atoms with Crippen LogP contribution < -0.4 is 4.74 Å². The molecule has 184 valence electrons. The number of hydrogen-bond acceptors (Lipinski definition) is 1. The van der Waals surface area contributed by atoms with E-state index in [4.69, 9.17) is 4.74 Å². The van der Waals surface area contributed by atoms with Crippen LogP contribution >= 0.6 is 0 Å². The van der Waals surface area contributed by atoms with E-state index in [1.54, 1.807) is 6.07 Å². The third kappa shape index (κ3) is 6.39. The molecule has 3 aromatic rings. The summed E-state index contributed by atoms with van der Waals surface area (Å²) in [4.78, 5) is 0. The Kier molecular flexibility index (Phi) is 8.74. The fraction of sp³-hybridized carbons (Fsp3) is 0.375. The molecule has 1 aliphatic rings. The molecular formula is C32H36F2O. The van der Waals surface area contributed by atoms with Crippen LogP contribution in [0.5, 0.6) is 5.75 Å². The highest BCUT2D eigenvalue weighted by atomic mass is 19.2. The summed E-state index contributed by atoms with van der Waals surface area (Å²) in [6, 6.07) is 21.0. The van der Waals surface area contributed by atoms with Crippen LogP contribution in [0.1, 0.15) is 68.1 Å². The molecular weight excluding hydrogens is 438 g/mol. The monoisotopic (exact) mass is 474 g/mol. The van der Waals surface area contributed by atoms with Crippen molar-refractivity contribution in [3.05, 3.63) is 101 Å². The predicted octanol–water partition coefficient (Wildman–Crippen LogP) is 9.06. The first-order chi connectivity index (χ1) is 17.1. The number of rotatable bonds is 9. The second-order valence-electron chi connectivity index (χ2n) is 9.71. The zero-order valence-electron chi connectivity index (χ0n) is 20.9. The fourth-order valence-corrected chi connectivity index (χ4v) is 5.20. The number of benzene rings is 3. The molecule has 1 aliphatic carbocycles. The normalized spacial score (nSPS) is 18.2. The number of ether oxygens (including phenoxy) is 1. The Morgan fingerprint density at radius 3 is 1.94 bits per heavy atom. The molecule has 4 rings (SSSR count). The smallest absolute Gasteiger partial charge is 0.200 e. The van der Waals surface area contributed by atoms with Crippen LogP contribution in [0, 0.1) is 17.6 Å². The van der Waals surface area contributed by atoms with Gasteiger partial charge < -0.3 is 4.74 Å². The Hall–Kier alpha value is -2.94. The largest absolute Gasteiger partial charge is 0.494 e. The molecule has 0 atom stereocenters. The average molecular weight is 475 g/mol. The molecule has 0 aromatic heterocycles. The number of methoxy groups -OCH3 is 1. The van der Waals surface area contributed by atoms with E-state index in [0.29, 0.717) is 11.5 Å². The van der Waals surface area contributed by atoms with E-state index < -0.39 is 11.6 Å². The minimum Gasteiger partial charge on any atom is -0.494 e. The molecule has 1 fully saturated rings. The van der Waals surface area contributed by atoms with Crippen molar-refractivity contribution in [2.45, 2.75) is 64.2 Å². The van der Waals surface area contributed by atoms with Gasteiger partial charge in [-0.15, -0.1) is 0 Å². The molecule has 0 bridgehead atoms. The summed E-state index contributed by atoms with van der Waals surface area (Å²) >= 11 is 0. The minimum atomic E-state index is -0.870. The molecule has 3 heteroatoms. The summed E-state index contributed by atoms with van der Waals surface area (Å²) in [5.74, 6) is -1.04. The topological polar surface area (TPSA) is 9.23 Å². The van der Waals surface area contributed by atoms with Crippen molar-refractivity contribution < 1.29 is 13.5 Å². The standard InChI is InChI=1S/C32H36F2O/c1-3-6-23-9-15-26(16-10-23)27-17-11-24(12-18-27)7-4-5-8-25-13-19-28(20-14-25)29-21-22-30(35-2)32(34)31(29)33/h5,8-12,15-18,21-22,25,28H,3-4,6-7,13-14,19-20H2,1-2H3. The highest BCUT2D eigenvalue weighted by molar-refractivity contribution is 5.64. The van der Waals surface area contributed by atoms with E-state index >= 15 is 0 Å². The van der Waals surface area contributed by atoms with Gasteiger partial charge in [0.05, 0.1) is 7.11 Å². The fourth-order valence-electron chi connectivity index (χ4n) is 5.20. The van der Waals surface area contributed by atoms with Gasteiger partial charge in [0.2, 0.25) is 5.82 Å². The van der Waals surface area contributed by atoms with Crippen LogP contribution in [0.25, 0.3) is 11.1 Å². The van der Waals surface area contributed by atoms with Gasteiger partial charge in [0.1, 0.15) is 0 Å². The Labute approximate surface area is 208 Å². The second-order valence-corrected chi connectivity index (χ2v) is 9.71. The molecule has 0 saturated heterocycles. The lowest BCUT2D eigenvalue weighted by Crippen LogP contribution is -2.13. The Bertz CT molecular complexity index is 1110. The molecule has 35 heavy (non-hydrogen) atoms. The van der Waals surface area contributed by atoms with Crippen LogP contribution in [0.4, 0.5) is 8.78 Å². The van der Waals surface area contributed by atoms with Crippen molar-refractivity contribution in [1.29, 1.82) is 0 Å². The van der Waals surface area contributed by atoms with Gasteiger partial charge in [0.15, 0.2) is 11.6 Å². The summed E-state index contributed by atoms with van der Waals surface area (Å²) in [7, 11) is 1.36. The SMILES string of the molecule is CCCc1ccc(-c2ccc(CCC=CC3CCC(c4ccc(OC)c(F)c4F)CC3)cc2)cc1. The van der Waals surface area contributed by atoms with Crippen molar-refractivity contribution in [1.82, 2.24) is 0 Å². The van der Waals surface area contributed by atoms with Gasteiger partial charge >= 0.3 is 0 Å². The maximum Gasteiger partial charge on any atom is 0.200 e. The van der Waals surface area contributed by atoms with E-state index in [0.717, 1.165) is 44.9 Å². The molecule has 0 heterocycles. The first-order valence-corrected chi connectivity index (χ1v) is 13.0. The maximum absolute atomic E-state index is 14.4. The Morgan fingerprint density at radius 1 is 0.771 bits per heavy atom. The lowest BCUT2D eigenvalue weighted by molar-refractivity contribution is 0.349. The molecule has 1 saturated carbocycles. The maximum atomic E-state index is 14.4. The van der Waals surface area contributed by atoms with Crippen LogP contribution in [0.15, 0.2) is 72.8 Å². The first kappa shape index (κ1) is 25.2. The van der Waals surface area contributed by atoms with E-state index in [2.05, 4.69) is 67.6 Å². The summed E-state index contributed by atoms with van der Waals surface area (Å²) in [5.41, 5.74) is 5.77. The number of halogens is 2. The Morgan fingerprint density at radius 2 is 1.37 bits per heavy atom. The van der Waals surface area contributed by atoms with Gasteiger partial charge in [-0.25, -0.2) is 4.39 Å². The van der Waals surface area contributed by atoms with Crippen LogP contribution in [0.2, 0.25) is 0 Å². The molecule has 1 nitrogen and oxygen atoms in total. The van der Waals surface area contributed by atoms with Crippen molar-refractivity contribution in [3.8, 4) is 16.9 Å². The van der Waals surface area contributed by atoms with Crippen molar-refractivity contribution in [2.75, 3.05) is 7.11 Å². The van der Waals surface area contributed by atoms with E-state index in [-0.39, 0.29) is 11.7 Å². The van der Waals surface area contributed by atoms with Gasteiger partial charge in [0.25, 0.3) is 0 Å². The molecule has 0 amide bonds. The third-order valence-corrected chi connectivity index (χ3v) is 7.30. The van der Waals surface area contributed by atoms with Crippen molar-refractivity contribution in [3.63, 3.8) is 0 Å². The summed E-state index contributed by atoms with van der Waals surface area (Å²) < 4.78 is 33.4. The van der Waals surface area contributed by atoms with Crippen LogP contribution in [-0.4, -0.2) is 7.11 Å². The molecule has 0 radical (unpaired) electrons. The van der Waals surface area contributed by atoms with Gasteiger partial charge in [-0.05, 0) is 90.7 Å². The number of allylic oxidation sites excluding steroid dienone is 2. The molecule has 0 N–H and O–H groups in total. The van der Waals surface area contributed by atoms with Gasteiger partial charge in [-0.2, -0.15) is 4.39 Å². The Balaban J connectivity index is 1.23. The minimum absolute atomic E-state index is 0.0291. The number of aryl methyl sites for hydroxylation is 2. The zero-order chi connectivity index (χ0) is 24.6. The van der Waals surface area contributed by atoms with Crippen molar-refractivity contribution >= 4 is 0 Å². The lowest BCUT2D eigenvalue weighted by atomic mass is 9.78. The molecule has 3 aromatic carbocycles. The lowest BCUT2D eigenvalue weighted by Gasteiger charge is -2.27. The van der Waals surface area contributed by atoms with E-state index in [9.17, 15) is 8.78 Å². The van der Waals surface area contributed by atoms with Crippen molar-refractivity contribution in [2.24, 2.45) is 5.92 Å².